The van der Waals surface area contributed by atoms with Gasteiger partial charge in [-0.3, -0.25) is 5.21 Å². The molecule has 1 N–H and O–H groups in total. The molecule has 4 rings (SSSR count). The average molecular weight is 446 g/mol. The zero-order chi connectivity index (χ0) is 23.6. The summed E-state index contributed by atoms with van der Waals surface area (Å²) in [4.78, 5) is 13.7. The zero-order valence-electron chi connectivity index (χ0n) is 19.0. The van der Waals surface area contributed by atoms with Crippen LogP contribution in [-0.2, 0) is 5.41 Å². The second-order valence-corrected chi connectivity index (χ2v) is 8.38. The van der Waals surface area contributed by atoms with Crippen LogP contribution in [-0.4, -0.2) is 58.2 Å². The number of benzene rings is 2. The molecule has 0 unspecified atom stereocenters. The fraction of sp³-hybridized carbons (Fsp3) is 0.320. The Morgan fingerprint density at radius 2 is 1.79 bits per heavy atom. The number of nitrogens with zero attached hydrogens (tertiary/aromatic N) is 5. The molecule has 0 spiro atoms. The molecule has 8 nitrogen and oxygen atoms in total. The predicted octanol–water partition coefficient (Wildman–Crippen LogP) is 4.15. The molecular weight excluding hydrogens is 418 g/mol. The molecule has 1 aliphatic rings. The van der Waals surface area contributed by atoms with Gasteiger partial charge >= 0.3 is 6.03 Å². The Bertz CT molecular complexity index is 1170. The van der Waals surface area contributed by atoms with E-state index in [-0.39, 0.29) is 0 Å². The largest absolute Gasteiger partial charge is 0.497 e. The zero-order valence-corrected chi connectivity index (χ0v) is 19.0. The van der Waals surface area contributed by atoms with Gasteiger partial charge in [0.1, 0.15) is 11.2 Å². The highest BCUT2D eigenvalue weighted by Crippen LogP contribution is 2.37. The number of rotatable bonds is 4. The maximum atomic E-state index is 12.1. The van der Waals surface area contributed by atoms with Crippen LogP contribution in [0.1, 0.15) is 24.1 Å². The van der Waals surface area contributed by atoms with Crippen LogP contribution in [0.15, 0.2) is 54.6 Å². The summed E-state index contributed by atoms with van der Waals surface area (Å²) in [6, 6.07) is 19.8. The fourth-order valence-corrected chi connectivity index (χ4v) is 4.17. The topological polar surface area (TPSA) is 94.6 Å². The van der Waals surface area contributed by atoms with Crippen LogP contribution in [0.3, 0.4) is 0 Å². The number of urea groups is 1. The van der Waals surface area contributed by atoms with Crippen LogP contribution in [0.2, 0.25) is 0 Å². The number of hydroxylamine groups is 2. The van der Waals surface area contributed by atoms with E-state index >= 15 is 0 Å². The lowest BCUT2D eigenvalue weighted by Gasteiger charge is -2.36. The number of piperidine rings is 1. The predicted molar refractivity (Wildman–Crippen MR) is 123 cm³/mol. The first kappa shape index (κ1) is 22.4. The van der Waals surface area contributed by atoms with Gasteiger partial charge in [-0.15, -0.1) is 0 Å². The molecule has 0 radical (unpaired) electrons. The maximum absolute atomic E-state index is 12.1. The molecule has 0 saturated carbocycles. The van der Waals surface area contributed by atoms with Crippen LogP contribution >= 0.6 is 0 Å². The van der Waals surface area contributed by atoms with Gasteiger partial charge in [-0.25, -0.2) is 14.5 Å². The Kier molecular flexibility index (Phi) is 6.07. The van der Waals surface area contributed by atoms with Crippen LogP contribution < -0.4 is 4.74 Å². The third-order valence-corrected chi connectivity index (χ3v) is 6.24. The number of likely N-dealkylation sites (tertiary alicyclic amines) is 1. The van der Waals surface area contributed by atoms with E-state index in [1.807, 2.05) is 54.1 Å². The minimum absolute atomic E-state index is 0.368. The first-order valence-electron chi connectivity index (χ1n) is 10.8. The van der Waals surface area contributed by atoms with Crippen molar-refractivity contribution >= 4 is 6.03 Å². The first-order valence-corrected chi connectivity index (χ1v) is 10.8. The molecular formula is C25H27N5O3. The third kappa shape index (κ3) is 4.28. The highest BCUT2D eigenvalue weighted by Gasteiger charge is 2.41. The highest BCUT2D eigenvalue weighted by molar-refractivity contribution is 5.73. The number of ether oxygens (including phenoxy) is 1. The third-order valence-electron chi connectivity index (χ3n) is 6.24. The second-order valence-electron chi connectivity index (χ2n) is 8.38. The second kappa shape index (κ2) is 8.96. The first-order chi connectivity index (χ1) is 15.9. The van der Waals surface area contributed by atoms with Crippen LogP contribution in [0.4, 0.5) is 4.79 Å². The van der Waals surface area contributed by atoms with E-state index in [4.69, 9.17) is 9.84 Å². The summed E-state index contributed by atoms with van der Waals surface area (Å²) in [6.45, 7) is 2.78. The van der Waals surface area contributed by atoms with Crippen molar-refractivity contribution in [1.82, 2.24) is 19.7 Å². The quantitative estimate of drug-likeness (QED) is 0.481. The van der Waals surface area contributed by atoms with Gasteiger partial charge < -0.3 is 9.64 Å². The summed E-state index contributed by atoms with van der Waals surface area (Å²) < 4.78 is 7.15. The van der Waals surface area contributed by atoms with Crippen molar-refractivity contribution in [3.8, 4) is 28.8 Å². The molecule has 3 aromatic rings. The molecule has 0 aliphatic carbocycles. The summed E-state index contributed by atoms with van der Waals surface area (Å²) in [5.74, 6) is 0.752. The van der Waals surface area contributed by atoms with E-state index in [1.165, 1.54) is 7.05 Å². The number of hydrogen-bond donors (Lipinski definition) is 1. The number of carbonyl (C=O) groups is 1. The number of aryl methyl sites for hydroxylation is 1. The number of carbonyl (C=O) groups excluding carboxylic acids is 1. The Morgan fingerprint density at radius 1 is 1.15 bits per heavy atom. The number of methoxy groups -OCH3 is 1. The SMILES string of the molecule is COc1ccc(-n2nc(C3(C#N)CCN(C(=O)N(C)O)CC3)cc2-c2ccc(C)cc2)cc1. The van der Waals surface area contributed by atoms with Gasteiger partial charge in [0.25, 0.3) is 0 Å². The summed E-state index contributed by atoms with van der Waals surface area (Å²) >= 11 is 0. The van der Waals surface area contributed by atoms with Crippen molar-refractivity contribution in [3.63, 3.8) is 0 Å². The van der Waals surface area contributed by atoms with Crippen molar-refractivity contribution in [2.45, 2.75) is 25.2 Å². The van der Waals surface area contributed by atoms with E-state index in [0.29, 0.717) is 36.7 Å². The smallest absolute Gasteiger partial charge is 0.343 e. The molecule has 8 heteroatoms. The van der Waals surface area contributed by atoms with Gasteiger partial charge in [0.2, 0.25) is 0 Å². The summed E-state index contributed by atoms with van der Waals surface area (Å²) in [5, 5.41) is 25.1. The fourth-order valence-electron chi connectivity index (χ4n) is 4.17. The van der Waals surface area contributed by atoms with E-state index in [0.717, 1.165) is 28.3 Å². The van der Waals surface area contributed by atoms with Gasteiger partial charge in [-0.1, -0.05) is 29.8 Å². The number of amides is 2. The number of aromatic nitrogens is 2. The Hall–Kier alpha value is -3.83. The lowest BCUT2D eigenvalue weighted by Crippen LogP contribution is -2.48. The molecule has 1 aromatic heterocycles. The summed E-state index contributed by atoms with van der Waals surface area (Å²) in [7, 11) is 2.93. The average Bonchev–Trinajstić information content (AvgIpc) is 3.30. The standard InChI is InChI=1S/C25H27N5O3/c1-18-4-6-19(7-5-18)22-16-23(27-30(22)20-8-10-21(33-3)11-9-20)25(17-26)12-14-29(15-13-25)24(31)28(2)32/h4-11,16,32H,12-15H2,1-3H3. The summed E-state index contributed by atoms with van der Waals surface area (Å²) in [5.41, 5.74) is 3.77. The van der Waals surface area contributed by atoms with Gasteiger partial charge in [0.15, 0.2) is 0 Å². The van der Waals surface area contributed by atoms with Gasteiger partial charge in [-0.2, -0.15) is 10.4 Å². The Balaban J connectivity index is 1.75. The van der Waals surface area contributed by atoms with Crippen molar-refractivity contribution in [2.24, 2.45) is 0 Å². The van der Waals surface area contributed by atoms with Gasteiger partial charge in [0, 0.05) is 25.7 Å². The Morgan fingerprint density at radius 3 is 2.33 bits per heavy atom. The van der Waals surface area contributed by atoms with Crippen LogP contribution in [0.5, 0.6) is 5.75 Å². The Labute approximate surface area is 193 Å². The molecule has 0 atom stereocenters. The molecule has 170 valence electrons. The van der Waals surface area contributed by atoms with E-state index < -0.39 is 11.4 Å². The van der Waals surface area contributed by atoms with E-state index in [1.54, 1.807) is 12.0 Å². The van der Waals surface area contributed by atoms with Gasteiger partial charge in [0.05, 0.1) is 30.3 Å². The van der Waals surface area contributed by atoms with Crippen molar-refractivity contribution in [1.29, 1.82) is 5.26 Å². The minimum atomic E-state index is -0.817. The van der Waals surface area contributed by atoms with Crippen LogP contribution in [0.25, 0.3) is 16.9 Å². The summed E-state index contributed by atoms with van der Waals surface area (Å²) in [6.07, 6.45) is 0.881. The molecule has 2 amide bonds. The minimum Gasteiger partial charge on any atom is -0.497 e. The highest BCUT2D eigenvalue weighted by atomic mass is 16.5. The maximum Gasteiger partial charge on any atom is 0.343 e. The number of nitriles is 1. The molecule has 2 heterocycles. The number of hydrogen-bond acceptors (Lipinski definition) is 5. The molecule has 2 aromatic carbocycles. The monoisotopic (exact) mass is 445 g/mol. The normalized spacial score (nSPS) is 15.1. The van der Waals surface area contributed by atoms with Crippen molar-refractivity contribution in [2.75, 3.05) is 27.2 Å². The lowest BCUT2D eigenvalue weighted by molar-refractivity contribution is -0.0365. The molecule has 1 saturated heterocycles. The van der Waals surface area contributed by atoms with E-state index in [9.17, 15) is 15.3 Å². The molecule has 0 bridgehead atoms. The molecule has 1 aliphatic heterocycles. The van der Waals surface area contributed by atoms with Crippen molar-refractivity contribution in [3.05, 3.63) is 65.9 Å². The molecule has 33 heavy (non-hydrogen) atoms. The van der Waals surface area contributed by atoms with Crippen molar-refractivity contribution < 1.29 is 14.7 Å². The van der Waals surface area contributed by atoms with Gasteiger partial charge in [-0.05, 0) is 50.1 Å². The van der Waals surface area contributed by atoms with E-state index in [2.05, 4.69) is 18.2 Å². The van der Waals surface area contributed by atoms with Crippen LogP contribution in [0, 0.1) is 18.3 Å². The lowest BCUT2D eigenvalue weighted by atomic mass is 9.77. The molecule has 1 fully saturated rings.